The predicted molar refractivity (Wildman–Crippen MR) is 104 cm³/mol. The molecular formula is C17H16N4O4S2. The average molecular weight is 404 g/mol. The van der Waals surface area contributed by atoms with E-state index in [9.17, 15) is 18.5 Å². The molecule has 0 saturated carbocycles. The Balaban J connectivity index is 1.70. The fourth-order valence-corrected chi connectivity index (χ4v) is 3.86. The van der Waals surface area contributed by atoms with Gasteiger partial charge in [0.05, 0.1) is 15.5 Å². The monoisotopic (exact) mass is 404 g/mol. The van der Waals surface area contributed by atoms with Gasteiger partial charge in [-0.15, -0.1) is 11.3 Å². The lowest BCUT2D eigenvalue weighted by atomic mass is 10.2. The molecule has 0 aliphatic rings. The van der Waals surface area contributed by atoms with Crippen molar-refractivity contribution in [2.45, 2.75) is 11.3 Å². The molecule has 0 unspecified atom stereocenters. The normalized spacial score (nSPS) is 11.3. The van der Waals surface area contributed by atoms with Crippen molar-refractivity contribution >= 4 is 32.7 Å². The van der Waals surface area contributed by atoms with Gasteiger partial charge in [0.15, 0.2) is 0 Å². The lowest BCUT2D eigenvalue weighted by molar-refractivity contribution is -0.385. The molecule has 0 bridgehead atoms. The van der Waals surface area contributed by atoms with Crippen molar-refractivity contribution < 1.29 is 13.3 Å². The number of thiazole rings is 1. The van der Waals surface area contributed by atoms with Crippen LogP contribution in [0.15, 0.2) is 58.8 Å². The second-order valence-electron chi connectivity index (χ2n) is 5.70. The Labute approximate surface area is 159 Å². The molecule has 3 aromatic rings. The van der Waals surface area contributed by atoms with E-state index in [2.05, 4.69) is 10.3 Å². The van der Waals surface area contributed by atoms with Crippen LogP contribution in [-0.4, -0.2) is 24.9 Å². The van der Waals surface area contributed by atoms with Crippen molar-refractivity contribution in [1.82, 2.24) is 4.98 Å². The molecule has 1 aromatic heterocycles. The van der Waals surface area contributed by atoms with E-state index in [4.69, 9.17) is 5.14 Å². The van der Waals surface area contributed by atoms with Gasteiger partial charge in [0.1, 0.15) is 5.01 Å². The average Bonchev–Trinajstić information content (AvgIpc) is 3.10. The highest BCUT2D eigenvalue weighted by atomic mass is 32.2. The number of nitrogens with two attached hydrogens (primary N) is 1. The van der Waals surface area contributed by atoms with Crippen LogP contribution in [0.2, 0.25) is 0 Å². The topological polar surface area (TPSA) is 128 Å². The third-order valence-electron chi connectivity index (χ3n) is 3.71. The molecule has 0 amide bonds. The van der Waals surface area contributed by atoms with E-state index < -0.39 is 14.9 Å². The minimum absolute atomic E-state index is 0.306. The Morgan fingerprint density at radius 2 is 1.93 bits per heavy atom. The van der Waals surface area contributed by atoms with Crippen molar-refractivity contribution in [3.05, 3.63) is 69.7 Å². The lowest BCUT2D eigenvalue weighted by Gasteiger charge is -2.07. The highest BCUT2D eigenvalue weighted by Crippen LogP contribution is 2.25. The first-order valence-corrected chi connectivity index (χ1v) is 10.3. The van der Waals surface area contributed by atoms with Gasteiger partial charge in [-0.3, -0.25) is 10.1 Å². The van der Waals surface area contributed by atoms with E-state index in [0.717, 1.165) is 22.3 Å². The number of rotatable bonds is 7. The van der Waals surface area contributed by atoms with E-state index in [-0.39, 0.29) is 10.6 Å². The van der Waals surface area contributed by atoms with Crippen molar-refractivity contribution in [2.75, 3.05) is 11.9 Å². The summed E-state index contributed by atoms with van der Waals surface area (Å²) in [6, 6.07) is 13.3. The molecule has 0 aliphatic carbocycles. The fraction of sp³-hybridized carbons (Fsp3) is 0.118. The summed E-state index contributed by atoms with van der Waals surface area (Å²) in [5.41, 5.74) is 1.89. The second kappa shape index (κ2) is 7.82. The lowest BCUT2D eigenvalue weighted by Crippen LogP contribution is -2.13. The van der Waals surface area contributed by atoms with Gasteiger partial charge < -0.3 is 5.32 Å². The summed E-state index contributed by atoms with van der Waals surface area (Å²) in [5.74, 6) is 0. The number of nitrogens with zero attached hydrogens (tertiary/aromatic N) is 2. The molecule has 27 heavy (non-hydrogen) atoms. The summed E-state index contributed by atoms with van der Waals surface area (Å²) in [6.45, 7) is 0.434. The fourth-order valence-electron chi connectivity index (χ4n) is 2.43. The van der Waals surface area contributed by atoms with Gasteiger partial charge >= 0.3 is 0 Å². The number of benzene rings is 2. The number of hydrogen-bond acceptors (Lipinski definition) is 7. The molecule has 0 aliphatic heterocycles. The Kier molecular flexibility index (Phi) is 5.49. The molecule has 0 fully saturated rings. The number of nitrogens with one attached hydrogen (secondary N) is 1. The molecule has 8 nitrogen and oxygen atoms in total. The molecule has 0 atom stereocenters. The molecule has 10 heteroatoms. The first-order chi connectivity index (χ1) is 12.8. The summed E-state index contributed by atoms with van der Waals surface area (Å²) < 4.78 is 23.0. The van der Waals surface area contributed by atoms with Gasteiger partial charge in [0.25, 0.3) is 5.69 Å². The van der Waals surface area contributed by atoms with E-state index >= 15 is 0 Å². The third-order valence-corrected chi connectivity index (χ3v) is 5.55. The number of nitro benzene ring substituents is 1. The molecule has 3 rings (SSSR count). The number of aromatic nitrogens is 1. The Hall–Kier alpha value is -2.82. The van der Waals surface area contributed by atoms with Gasteiger partial charge in [0.2, 0.25) is 10.0 Å². The van der Waals surface area contributed by atoms with Gasteiger partial charge in [-0.2, -0.15) is 0 Å². The van der Waals surface area contributed by atoms with Crippen LogP contribution in [0.5, 0.6) is 0 Å². The SMILES string of the molecule is NS(=O)(=O)c1cc(NCCc2csc(-c3ccccc3)n2)cc([N+](=O)[O-])c1. The summed E-state index contributed by atoms with van der Waals surface area (Å²) >= 11 is 1.54. The standard InChI is InChI=1S/C17H16N4O4S2/c18-27(24,25)16-9-14(8-15(10-16)21(22)23)19-7-6-13-11-26-17(20-13)12-4-2-1-3-5-12/h1-5,8-11,19H,6-7H2,(H2,18,24,25). The van der Waals surface area contributed by atoms with Gasteiger partial charge in [-0.05, 0) is 6.07 Å². The van der Waals surface area contributed by atoms with Crippen LogP contribution in [0.25, 0.3) is 10.6 Å². The largest absolute Gasteiger partial charge is 0.384 e. The maximum absolute atomic E-state index is 11.5. The van der Waals surface area contributed by atoms with Crippen LogP contribution in [0.3, 0.4) is 0 Å². The zero-order valence-electron chi connectivity index (χ0n) is 14.0. The van der Waals surface area contributed by atoms with E-state index in [1.165, 1.54) is 23.5 Å². The number of sulfonamides is 1. The molecule has 2 aromatic carbocycles. The zero-order valence-corrected chi connectivity index (χ0v) is 15.7. The van der Waals surface area contributed by atoms with Crippen molar-refractivity contribution in [3.8, 4) is 10.6 Å². The quantitative estimate of drug-likeness (QED) is 0.460. The molecule has 1 heterocycles. The molecule has 0 radical (unpaired) electrons. The molecule has 3 N–H and O–H groups in total. The zero-order chi connectivity index (χ0) is 19.4. The number of non-ortho nitro benzene ring substituents is 1. The van der Waals surface area contributed by atoms with E-state index in [1.807, 2.05) is 35.7 Å². The van der Waals surface area contributed by atoms with Gasteiger partial charge in [0, 0.05) is 41.7 Å². The van der Waals surface area contributed by atoms with Crippen LogP contribution in [0.4, 0.5) is 11.4 Å². The third kappa shape index (κ3) is 4.88. The number of hydrogen-bond donors (Lipinski definition) is 2. The highest BCUT2D eigenvalue weighted by molar-refractivity contribution is 7.89. The maximum Gasteiger partial charge on any atom is 0.272 e. The van der Waals surface area contributed by atoms with E-state index in [1.54, 1.807) is 0 Å². The number of anilines is 1. The Morgan fingerprint density at radius 3 is 2.59 bits per heavy atom. The van der Waals surface area contributed by atoms with E-state index in [0.29, 0.717) is 18.7 Å². The smallest absolute Gasteiger partial charge is 0.272 e. The number of nitro groups is 1. The van der Waals surface area contributed by atoms with Crippen molar-refractivity contribution in [1.29, 1.82) is 0 Å². The van der Waals surface area contributed by atoms with Crippen molar-refractivity contribution in [2.24, 2.45) is 5.14 Å². The Bertz CT molecular complexity index is 1070. The molecule has 0 spiro atoms. The summed E-state index contributed by atoms with van der Waals surface area (Å²) in [7, 11) is -4.04. The maximum atomic E-state index is 11.5. The molecule has 0 saturated heterocycles. The van der Waals surface area contributed by atoms with Gasteiger partial charge in [-0.1, -0.05) is 30.3 Å². The van der Waals surface area contributed by atoms with Crippen LogP contribution >= 0.6 is 11.3 Å². The molecular weight excluding hydrogens is 388 g/mol. The summed E-state index contributed by atoms with van der Waals surface area (Å²) in [4.78, 5) is 14.6. The Morgan fingerprint density at radius 1 is 1.19 bits per heavy atom. The number of primary sulfonamides is 1. The summed E-state index contributed by atoms with van der Waals surface area (Å²) in [6.07, 6.45) is 0.580. The first kappa shape index (κ1) is 19.0. The second-order valence-corrected chi connectivity index (χ2v) is 8.12. The first-order valence-electron chi connectivity index (χ1n) is 7.89. The van der Waals surface area contributed by atoms with Crippen LogP contribution < -0.4 is 10.5 Å². The minimum atomic E-state index is -4.04. The summed E-state index contributed by atoms with van der Waals surface area (Å²) in [5, 5.41) is 21.9. The van der Waals surface area contributed by atoms with Crippen LogP contribution in [-0.2, 0) is 16.4 Å². The minimum Gasteiger partial charge on any atom is -0.384 e. The van der Waals surface area contributed by atoms with Crippen LogP contribution in [0.1, 0.15) is 5.69 Å². The van der Waals surface area contributed by atoms with Gasteiger partial charge in [-0.25, -0.2) is 18.5 Å². The predicted octanol–water partition coefficient (Wildman–Crippen LogP) is 3.02. The highest BCUT2D eigenvalue weighted by Gasteiger charge is 2.16. The van der Waals surface area contributed by atoms with Crippen LogP contribution in [0, 0.1) is 10.1 Å². The van der Waals surface area contributed by atoms with Crippen molar-refractivity contribution in [3.63, 3.8) is 0 Å². The molecule has 140 valence electrons.